The molecule has 0 aromatic heterocycles. The number of hydrogen-bond acceptors (Lipinski definition) is 9. The van der Waals surface area contributed by atoms with Gasteiger partial charge in [0.15, 0.2) is 12.1 Å². The third-order valence-electron chi connectivity index (χ3n) is 11.9. The van der Waals surface area contributed by atoms with Crippen LogP contribution in [0, 0.1) is 118 Å². The molecule has 1 N–H and O–H groups in total. The van der Waals surface area contributed by atoms with Crippen molar-refractivity contribution >= 4 is 5.91 Å². The standard InChI is InChI=1S/C69H63NO9/c1-5-7-9-11-12-13-14-15-16-17-18-19-20-21-22-23-24-25-39-49-63(71)70-60(64-61(48-38-10-8-6-2)78-69(3,4)79-64)54-76-68-67(75-53-59-46-36-29-37-47-59)66(74-52-58-44-34-28-35-45-58)65(73-51-57-42-32-27-33-43-57)62(77-68)55-72-50-56-40-30-26-31-41-56/h26-37,40-47,60-62,64-68H,6,8,10,38,48,50-55H2,1-4H3,(H,70,71)/t60-,61-,62?,64-,65?,66?,67?,68?/m0/s1. The van der Waals surface area contributed by atoms with Crippen molar-refractivity contribution in [2.45, 2.75) is 141 Å². The Hall–Kier alpha value is -8.37. The average Bonchev–Trinajstić information content (AvgIpc) is 3.90. The van der Waals surface area contributed by atoms with Crippen LogP contribution in [0.3, 0.4) is 0 Å². The van der Waals surface area contributed by atoms with E-state index in [0.717, 1.165) is 47.9 Å². The summed E-state index contributed by atoms with van der Waals surface area (Å²) in [6, 6.07) is 38.9. The number of amides is 1. The highest BCUT2D eigenvalue weighted by Crippen LogP contribution is 2.35. The van der Waals surface area contributed by atoms with Crippen molar-refractivity contribution in [2.24, 2.45) is 0 Å². The summed E-state index contributed by atoms with van der Waals surface area (Å²) < 4.78 is 54.2. The third-order valence-corrected chi connectivity index (χ3v) is 11.9. The van der Waals surface area contributed by atoms with E-state index in [4.69, 9.17) is 37.9 Å². The van der Waals surface area contributed by atoms with Crippen LogP contribution in [0.2, 0.25) is 0 Å². The van der Waals surface area contributed by atoms with E-state index in [9.17, 15) is 4.79 Å². The zero-order valence-corrected chi connectivity index (χ0v) is 45.1. The lowest BCUT2D eigenvalue weighted by molar-refractivity contribution is -0.329. The molecule has 2 aliphatic heterocycles. The van der Waals surface area contributed by atoms with Gasteiger partial charge < -0.3 is 43.2 Å². The van der Waals surface area contributed by atoms with Crippen LogP contribution in [-0.2, 0) is 69.1 Å². The predicted molar refractivity (Wildman–Crippen MR) is 304 cm³/mol. The van der Waals surface area contributed by atoms with Gasteiger partial charge in [0.1, 0.15) is 30.5 Å². The van der Waals surface area contributed by atoms with Crippen LogP contribution >= 0.6 is 0 Å². The second kappa shape index (κ2) is 35.1. The van der Waals surface area contributed by atoms with Crippen LogP contribution in [0.25, 0.3) is 0 Å². The summed E-state index contributed by atoms with van der Waals surface area (Å²) in [6.45, 7) is 8.72. The Labute approximate surface area is 468 Å². The molecule has 0 aliphatic carbocycles. The normalized spacial score (nSPS) is 19.3. The van der Waals surface area contributed by atoms with Crippen molar-refractivity contribution < 1.29 is 42.7 Å². The number of benzene rings is 4. The van der Waals surface area contributed by atoms with E-state index in [2.05, 4.69) is 131 Å². The SMILES string of the molecule is CC#CC#CC#CC#CC#CC#CC#CC#CC#CC#CC(=O)N[C@@H](COC1OC(COCc2ccccc2)C(OCc2ccccc2)C(OCc2ccccc2)C1OCc1ccccc1)[C@@H]1OC(C)(C)O[C@H]1CCCCCC. The fraction of sp³-hybridized carbons (Fsp3) is 0.348. The van der Waals surface area contributed by atoms with Crippen LogP contribution in [0.4, 0.5) is 0 Å². The summed E-state index contributed by atoms with van der Waals surface area (Å²) in [7, 11) is 0. The Morgan fingerprint density at radius 1 is 0.519 bits per heavy atom. The summed E-state index contributed by atoms with van der Waals surface area (Å²) >= 11 is 0. The fourth-order valence-electron chi connectivity index (χ4n) is 8.35. The van der Waals surface area contributed by atoms with Crippen LogP contribution in [0.1, 0.15) is 82.1 Å². The van der Waals surface area contributed by atoms with Crippen LogP contribution in [0.5, 0.6) is 0 Å². The molecule has 79 heavy (non-hydrogen) atoms. The second-order valence-corrected chi connectivity index (χ2v) is 18.4. The predicted octanol–water partition coefficient (Wildman–Crippen LogP) is 8.73. The van der Waals surface area contributed by atoms with Gasteiger partial charge >= 0.3 is 0 Å². The first-order valence-corrected chi connectivity index (χ1v) is 26.3. The summed E-state index contributed by atoms with van der Waals surface area (Å²) in [6.07, 6.45) is -0.226. The molecule has 5 unspecified atom stereocenters. The van der Waals surface area contributed by atoms with Gasteiger partial charge in [0.25, 0.3) is 5.91 Å². The molecule has 0 saturated carbocycles. The molecule has 2 heterocycles. The van der Waals surface area contributed by atoms with Gasteiger partial charge in [-0.15, -0.1) is 0 Å². The topological polar surface area (TPSA) is 103 Å². The largest absolute Gasteiger partial charge is 0.374 e. The fourth-order valence-corrected chi connectivity index (χ4v) is 8.35. The molecular formula is C69H63NO9. The molecule has 0 spiro atoms. The van der Waals surface area contributed by atoms with Crippen molar-refractivity contribution in [1.29, 1.82) is 0 Å². The van der Waals surface area contributed by atoms with Gasteiger partial charge in [-0.3, -0.25) is 4.79 Å². The van der Waals surface area contributed by atoms with Crippen molar-refractivity contribution in [3.63, 3.8) is 0 Å². The van der Waals surface area contributed by atoms with Crippen LogP contribution in [-0.4, -0.2) is 73.9 Å². The van der Waals surface area contributed by atoms with Crippen LogP contribution < -0.4 is 5.32 Å². The number of unbranched alkanes of at least 4 members (excludes halogenated alkanes) is 3. The molecule has 0 bridgehead atoms. The monoisotopic (exact) mass is 1050 g/mol. The molecule has 6 rings (SSSR count). The number of nitrogens with one attached hydrogen (secondary N) is 1. The van der Waals surface area contributed by atoms with E-state index in [-0.39, 0.29) is 39.1 Å². The smallest absolute Gasteiger partial charge is 0.297 e. The van der Waals surface area contributed by atoms with Gasteiger partial charge in [0.05, 0.1) is 51.8 Å². The minimum atomic E-state index is -1.06. The summed E-state index contributed by atoms with van der Waals surface area (Å²) in [5, 5.41) is 3.07. The molecule has 2 fully saturated rings. The van der Waals surface area contributed by atoms with E-state index in [1.165, 1.54) is 0 Å². The Bertz CT molecular complexity index is 3230. The maximum absolute atomic E-state index is 13.8. The molecule has 1 amide bonds. The minimum Gasteiger partial charge on any atom is -0.374 e. The molecular weight excluding hydrogens is 987 g/mol. The van der Waals surface area contributed by atoms with E-state index in [1.807, 2.05) is 135 Å². The van der Waals surface area contributed by atoms with Gasteiger partial charge in [-0.2, -0.15) is 0 Å². The number of carbonyl (C=O) groups excluding carboxylic acids is 1. The van der Waals surface area contributed by atoms with Gasteiger partial charge in [0.2, 0.25) is 0 Å². The highest BCUT2D eigenvalue weighted by atomic mass is 16.8. The first-order valence-electron chi connectivity index (χ1n) is 26.3. The Kier molecular flexibility index (Phi) is 26.6. The zero-order chi connectivity index (χ0) is 55.4. The summed E-state index contributed by atoms with van der Waals surface area (Å²) in [5.74, 6) is 49.9. The average molecular weight is 1050 g/mol. The molecule has 0 radical (unpaired) electrons. The Balaban J connectivity index is 1.26. The molecule has 2 aliphatic rings. The van der Waals surface area contributed by atoms with E-state index < -0.39 is 54.5 Å². The van der Waals surface area contributed by atoms with E-state index in [1.54, 1.807) is 6.92 Å². The maximum atomic E-state index is 13.8. The first kappa shape index (κ1) is 59.9. The lowest BCUT2D eigenvalue weighted by Crippen LogP contribution is -2.62. The van der Waals surface area contributed by atoms with Gasteiger partial charge in [-0.05, 0) is 144 Å². The molecule has 10 heteroatoms. The second-order valence-electron chi connectivity index (χ2n) is 18.4. The molecule has 4 aromatic carbocycles. The number of hydrogen-bond donors (Lipinski definition) is 1. The van der Waals surface area contributed by atoms with Crippen LogP contribution in [0.15, 0.2) is 121 Å². The first-order chi connectivity index (χ1) is 38.8. The van der Waals surface area contributed by atoms with Crippen molar-refractivity contribution in [3.8, 4) is 118 Å². The van der Waals surface area contributed by atoms with Gasteiger partial charge in [0, 0.05) is 17.8 Å². The zero-order valence-electron chi connectivity index (χ0n) is 45.1. The quantitative estimate of drug-likeness (QED) is 0.0578. The highest BCUT2D eigenvalue weighted by molar-refractivity contribution is 5.94. The Morgan fingerprint density at radius 3 is 1.44 bits per heavy atom. The minimum absolute atomic E-state index is 0.0883. The lowest BCUT2D eigenvalue weighted by Gasteiger charge is -2.46. The maximum Gasteiger partial charge on any atom is 0.297 e. The van der Waals surface area contributed by atoms with Crippen molar-refractivity contribution in [3.05, 3.63) is 144 Å². The molecule has 398 valence electrons. The number of ether oxygens (including phenoxy) is 8. The highest BCUT2D eigenvalue weighted by Gasteiger charge is 2.51. The molecule has 2 saturated heterocycles. The van der Waals surface area contributed by atoms with Gasteiger partial charge in [-0.25, -0.2) is 0 Å². The van der Waals surface area contributed by atoms with E-state index in [0.29, 0.717) is 13.0 Å². The molecule has 4 aromatic rings. The third kappa shape index (κ3) is 22.6. The van der Waals surface area contributed by atoms with Crippen molar-refractivity contribution in [1.82, 2.24) is 5.32 Å². The van der Waals surface area contributed by atoms with E-state index >= 15 is 0 Å². The van der Waals surface area contributed by atoms with Crippen molar-refractivity contribution in [2.75, 3.05) is 13.2 Å². The van der Waals surface area contributed by atoms with Gasteiger partial charge in [-0.1, -0.05) is 160 Å². The lowest BCUT2D eigenvalue weighted by atomic mass is 9.97. The summed E-state index contributed by atoms with van der Waals surface area (Å²) in [4.78, 5) is 13.8. The Morgan fingerprint density at radius 2 is 0.962 bits per heavy atom. The molecule has 10 nitrogen and oxygen atoms in total. The summed E-state index contributed by atoms with van der Waals surface area (Å²) in [5.41, 5.74) is 3.89. The number of carbonyl (C=O) groups is 1. The number of rotatable bonds is 23. The molecule has 8 atom stereocenters.